The normalized spacial score (nSPS) is 14.2. The lowest BCUT2D eigenvalue weighted by Gasteiger charge is -2.21. The minimum Gasteiger partial charge on any atom is -0.380 e. The predicted octanol–water partition coefficient (Wildman–Crippen LogP) is 4.17. The molecule has 1 aromatic carbocycles. The molecule has 1 saturated heterocycles. The van der Waals surface area contributed by atoms with Crippen LogP contribution in [0.2, 0.25) is 0 Å². The molecule has 1 aliphatic heterocycles. The standard InChI is InChI=1S/C24H27N5O.3H2/c1-18-21(15-20(17-26-18)27-16-19-7-3-2-4-8-19)24(30)22-9-5-10-23(28-22)29-13-6-11-25-12-14-29;;;/h2-5,7-10,15,17,25,27H,6,11-14,16H2,1H3;3*1H. The molecule has 0 bridgehead atoms. The van der Waals surface area contributed by atoms with E-state index < -0.39 is 0 Å². The maximum absolute atomic E-state index is 13.2. The molecule has 0 aliphatic carbocycles. The molecule has 30 heavy (non-hydrogen) atoms. The van der Waals surface area contributed by atoms with Crippen LogP contribution in [0.5, 0.6) is 0 Å². The van der Waals surface area contributed by atoms with E-state index in [1.807, 2.05) is 43.3 Å². The van der Waals surface area contributed by atoms with Crippen molar-refractivity contribution in [3.05, 3.63) is 83.3 Å². The highest BCUT2D eigenvalue weighted by Crippen LogP contribution is 2.19. The van der Waals surface area contributed by atoms with Crippen molar-refractivity contribution in [1.29, 1.82) is 0 Å². The summed E-state index contributed by atoms with van der Waals surface area (Å²) in [6.07, 6.45) is 2.83. The number of hydrogen-bond acceptors (Lipinski definition) is 6. The first-order chi connectivity index (χ1) is 14.7. The van der Waals surface area contributed by atoms with E-state index in [-0.39, 0.29) is 10.1 Å². The summed E-state index contributed by atoms with van der Waals surface area (Å²) >= 11 is 0. The smallest absolute Gasteiger partial charge is 0.213 e. The number of nitrogens with one attached hydrogen (secondary N) is 2. The topological polar surface area (TPSA) is 70.2 Å². The first-order valence-electron chi connectivity index (χ1n) is 10.4. The Hall–Kier alpha value is -3.25. The van der Waals surface area contributed by atoms with Crippen LogP contribution in [0.1, 0.15) is 38.0 Å². The summed E-state index contributed by atoms with van der Waals surface area (Å²) in [6, 6.07) is 17.7. The molecule has 6 nitrogen and oxygen atoms in total. The Labute approximate surface area is 181 Å². The van der Waals surface area contributed by atoms with E-state index in [0.717, 1.165) is 44.1 Å². The maximum atomic E-state index is 13.2. The van der Waals surface area contributed by atoms with Crippen LogP contribution in [0.15, 0.2) is 60.8 Å². The van der Waals surface area contributed by atoms with Crippen LogP contribution in [0.4, 0.5) is 11.5 Å². The van der Waals surface area contributed by atoms with E-state index in [0.29, 0.717) is 23.5 Å². The molecule has 4 rings (SSSR count). The zero-order chi connectivity index (χ0) is 20.8. The first kappa shape index (κ1) is 20.0. The summed E-state index contributed by atoms with van der Waals surface area (Å²) in [6.45, 7) is 6.32. The zero-order valence-corrected chi connectivity index (χ0v) is 17.3. The van der Waals surface area contributed by atoms with Gasteiger partial charge in [-0.05, 0) is 43.7 Å². The van der Waals surface area contributed by atoms with E-state index in [1.54, 1.807) is 12.3 Å². The van der Waals surface area contributed by atoms with Crippen molar-refractivity contribution in [2.75, 3.05) is 36.4 Å². The Bertz CT molecular complexity index is 1010. The van der Waals surface area contributed by atoms with Gasteiger partial charge >= 0.3 is 0 Å². The van der Waals surface area contributed by atoms with E-state index in [4.69, 9.17) is 0 Å². The molecule has 1 aliphatic rings. The second kappa shape index (κ2) is 9.50. The number of carbonyl (C=O) groups excluding carboxylic acids is 1. The summed E-state index contributed by atoms with van der Waals surface area (Å²) < 4.78 is 0. The van der Waals surface area contributed by atoms with Crippen molar-refractivity contribution in [2.24, 2.45) is 0 Å². The largest absolute Gasteiger partial charge is 0.380 e. The van der Waals surface area contributed by atoms with E-state index in [9.17, 15) is 4.79 Å². The molecule has 0 amide bonds. The molecule has 3 aromatic rings. The fourth-order valence-electron chi connectivity index (χ4n) is 3.60. The molecule has 0 atom stereocenters. The highest BCUT2D eigenvalue weighted by molar-refractivity contribution is 6.09. The molecule has 0 radical (unpaired) electrons. The van der Waals surface area contributed by atoms with Crippen molar-refractivity contribution >= 4 is 17.3 Å². The van der Waals surface area contributed by atoms with Gasteiger partial charge in [-0.2, -0.15) is 0 Å². The van der Waals surface area contributed by atoms with Gasteiger partial charge < -0.3 is 15.5 Å². The summed E-state index contributed by atoms with van der Waals surface area (Å²) in [4.78, 5) is 24.6. The van der Waals surface area contributed by atoms with Gasteiger partial charge in [-0.3, -0.25) is 9.78 Å². The average molecular weight is 408 g/mol. The minimum absolute atomic E-state index is 0. The molecule has 1 fully saturated rings. The first-order valence-corrected chi connectivity index (χ1v) is 10.4. The van der Waals surface area contributed by atoms with Gasteiger partial charge in [0.1, 0.15) is 11.5 Å². The summed E-state index contributed by atoms with van der Waals surface area (Å²) in [7, 11) is 0. The second-order valence-corrected chi connectivity index (χ2v) is 7.50. The van der Waals surface area contributed by atoms with Gasteiger partial charge in [-0.25, -0.2) is 4.98 Å². The predicted molar refractivity (Wildman–Crippen MR) is 126 cm³/mol. The lowest BCUT2D eigenvalue weighted by molar-refractivity contribution is 0.103. The molecule has 3 heterocycles. The van der Waals surface area contributed by atoms with Crippen LogP contribution in [0, 0.1) is 6.92 Å². The van der Waals surface area contributed by atoms with Crippen molar-refractivity contribution in [3.63, 3.8) is 0 Å². The summed E-state index contributed by atoms with van der Waals surface area (Å²) in [5, 5.41) is 6.75. The Morgan fingerprint density at radius 3 is 2.87 bits per heavy atom. The molecule has 2 aromatic heterocycles. The molecular weight excluding hydrogens is 374 g/mol. The number of carbonyl (C=O) groups is 1. The summed E-state index contributed by atoms with van der Waals surface area (Å²) in [5.41, 5.74) is 3.73. The highest BCUT2D eigenvalue weighted by Gasteiger charge is 2.17. The fourth-order valence-corrected chi connectivity index (χ4v) is 3.60. The molecule has 2 N–H and O–H groups in total. The number of benzene rings is 1. The Balaban J connectivity index is 0.00000181. The average Bonchev–Trinajstić information content (AvgIpc) is 3.08. The van der Waals surface area contributed by atoms with E-state index in [1.165, 1.54) is 5.56 Å². The lowest BCUT2D eigenvalue weighted by atomic mass is 10.1. The van der Waals surface area contributed by atoms with Gasteiger partial charge in [0.15, 0.2) is 0 Å². The SMILES string of the molecule is Cc1ncc(NCc2ccccc2)cc1C(=O)c1cccc(N2CCCNCC2)n1.[HH].[HH].[HH]. The number of pyridine rings is 2. The highest BCUT2D eigenvalue weighted by atomic mass is 16.1. The van der Waals surface area contributed by atoms with E-state index >= 15 is 0 Å². The molecule has 0 unspecified atom stereocenters. The molecule has 6 heteroatoms. The number of hydrogen-bond donors (Lipinski definition) is 2. The third kappa shape index (κ3) is 4.83. The van der Waals surface area contributed by atoms with E-state index in [2.05, 4.69) is 37.6 Å². The molecule has 160 valence electrons. The van der Waals surface area contributed by atoms with Crippen molar-refractivity contribution in [2.45, 2.75) is 19.9 Å². The number of ketones is 1. The van der Waals surface area contributed by atoms with Crippen LogP contribution in [0.25, 0.3) is 0 Å². The van der Waals surface area contributed by atoms with Crippen LogP contribution < -0.4 is 15.5 Å². The summed E-state index contributed by atoms with van der Waals surface area (Å²) in [5.74, 6) is 0.756. The Kier molecular flexibility index (Phi) is 6.35. The zero-order valence-electron chi connectivity index (χ0n) is 17.3. The van der Waals surface area contributed by atoms with Crippen LogP contribution in [0.3, 0.4) is 0 Å². The molecule has 0 spiro atoms. The van der Waals surface area contributed by atoms with Gasteiger partial charge in [0, 0.05) is 41.7 Å². The molecule has 0 saturated carbocycles. The lowest BCUT2D eigenvalue weighted by Crippen LogP contribution is -2.29. The number of nitrogens with zero attached hydrogens (tertiary/aromatic N) is 3. The van der Waals surface area contributed by atoms with Crippen molar-refractivity contribution < 1.29 is 9.07 Å². The van der Waals surface area contributed by atoms with Crippen LogP contribution >= 0.6 is 0 Å². The van der Waals surface area contributed by atoms with Gasteiger partial charge in [-0.1, -0.05) is 36.4 Å². The molecular formula is C24H33N5O. The van der Waals surface area contributed by atoms with Crippen LogP contribution in [-0.4, -0.2) is 41.9 Å². The van der Waals surface area contributed by atoms with Crippen LogP contribution in [-0.2, 0) is 6.54 Å². The Morgan fingerprint density at radius 1 is 1.13 bits per heavy atom. The third-order valence-corrected chi connectivity index (χ3v) is 5.30. The number of rotatable bonds is 6. The number of anilines is 2. The number of aromatic nitrogens is 2. The van der Waals surface area contributed by atoms with Gasteiger partial charge in [-0.15, -0.1) is 0 Å². The third-order valence-electron chi connectivity index (χ3n) is 5.30. The van der Waals surface area contributed by atoms with Gasteiger partial charge in [0.05, 0.1) is 11.9 Å². The van der Waals surface area contributed by atoms with Crippen molar-refractivity contribution in [1.82, 2.24) is 15.3 Å². The minimum atomic E-state index is -0.0989. The van der Waals surface area contributed by atoms with Crippen molar-refractivity contribution in [3.8, 4) is 0 Å². The second-order valence-electron chi connectivity index (χ2n) is 7.50. The Morgan fingerprint density at radius 2 is 2.00 bits per heavy atom. The number of aryl methyl sites for hydroxylation is 1. The van der Waals surface area contributed by atoms with Gasteiger partial charge in [0.2, 0.25) is 5.78 Å². The fraction of sp³-hybridized carbons (Fsp3) is 0.292. The quantitative estimate of drug-likeness (QED) is 0.598. The monoisotopic (exact) mass is 407 g/mol. The maximum Gasteiger partial charge on any atom is 0.213 e. The van der Waals surface area contributed by atoms with Gasteiger partial charge in [0.25, 0.3) is 0 Å².